The number of hydrogen-bond acceptors (Lipinski definition) is 4. The number of hydrogen-bond donors (Lipinski definition) is 1. The molecule has 1 aromatic carbocycles. The molecule has 0 bridgehead atoms. The molecule has 4 heteroatoms. The summed E-state index contributed by atoms with van der Waals surface area (Å²) in [6, 6.07) is 7.63. The lowest BCUT2D eigenvalue weighted by Gasteiger charge is -2.13. The minimum atomic E-state index is 0.0836. The van der Waals surface area contributed by atoms with Gasteiger partial charge in [-0.15, -0.1) is 0 Å². The maximum absolute atomic E-state index is 5.62. The Morgan fingerprint density at radius 2 is 2.15 bits per heavy atom. The number of rotatable bonds is 8. The van der Waals surface area contributed by atoms with Gasteiger partial charge in [-0.1, -0.05) is 17.9 Å². The third kappa shape index (κ3) is 7.15. The summed E-state index contributed by atoms with van der Waals surface area (Å²) in [6.45, 7) is 6.67. The van der Waals surface area contributed by atoms with Crippen LogP contribution in [0.2, 0.25) is 0 Å². The molecule has 4 nitrogen and oxygen atoms in total. The molecule has 0 aromatic heterocycles. The maximum atomic E-state index is 5.62. The highest BCUT2D eigenvalue weighted by atomic mass is 16.5. The smallest absolute Gasteiger partial charge is 0.120 e. The first-order valence-corrected chi connectivity index (χ1v) is 6.87. The summed E-state index contributed by atoms with van der Waals surface area (Å²) in [7, 11) is 0. The molecule has 0 saturated heterocycles. The molecular formula is C16H23NO3. The van der Waals surface area contributed by atoms with Gasteiger partial charge in [-0.25, -0.2) is 0 Å². The molecule has 1 rings (SSSR count). The highest BCUT2D eigenvalue weighted by Gasteiger charge is 2.01. The third-order valence-corrected chi connectivity index (χ3v) is 2.48. The van der Waals surface area contributed by atoms with Gasteiger partial charge in [0.2, 0.25) is 0 Å². The van der Waals surface area contributed by atoms with E-state index in [1.807, 2.05) is 38.1 Å². The Hall–Kier alpha value is -1.54. The van der Waals surface area contributed by atoms with Crippen LogP contribution in [0.1, 0.15) is 19.4 Å². The van der Waals surface area contributed by atoms with Crippen LogP contribution in [-0.2, 0) is 9.47 Å². The summed E-state index contributed by atoms with van der Waals surface area (Å²) >= 11 is 0. The molecule has 0 aliphatic carbocycles. The van der Waals surface area contributed by atoms with Gasteiger partial charge in [-0.3, -0.25) is 0 Å². The highest BCUT2D eigenvalue weighted by molar-refractivity contribution is 5.39. The van der Waals surface area contributed by atoms with Crippen LogP contribution < -0.4 is 10.5 Å². The van der Waals surface area contributed by atoms with E-state index >= 15 is 0 Å². The van der Waals surface area contributed by atoms with Gasteiger partial charge in [0.25, 0.3) is 0 Å². The van der Waals surface area contributed by atoms with E-state index in [2.05, 4.69) is 11.8 Å². The topological polar surface area (TPSA) is 53.7 Å². The van der Waals surface area contributed by atoms with E-state index in [1.54, 1.807) is 0 Å². The maximum Gasteiger partial charge on any atom is 0.120 e. The molecule has 0 fully saturated rings. The zero-order chi connectivity index (χ0) is 14.6. The molecule has 0 spiro atoms. The predicted molar refractivity (Wildman–Crippen MR) is 79.8 cm³/mol. The Bertz CT molecular complexity index is 437. The Labute approximate surface area is 121 Å². The summed E-state index contributed by atoms with van der Waals surface area (Å²) in [5.41, 5.74) is 6.25. The lowest BCUT2D eigenvalue weighted by atomic mass is 10.2. The molecule has 2 N–H and O–H groups in total. The minimum Gasteiger partial charge on any atom is -0.491 e. The van der Waals surface area contributed by atoms with Crippen LogP contribution in [0.3, 0.4) is 0 Å². The Kier molecular flexibility index (Phi) is 8.48. The second kappa shape index (κ2) is 10.3. The fourth-order valence-electron chi connectivity index (χ4n) is 1.56. The number of ether oxygens (including phenoxy) is 3. The van der Waals surface area contributed by atoms with Crippen LogP contribution in [0.25, 0.3) is 0 Å². The first-order chi connectivity index (χ1) is 9.76. The zero-order valence-corrected chi connectivity index (χ0v) is 12.2. The number of benzene rings is 1. The lowest BCUT2D eigenvalue weighted by Crippen LogP contribution is -2.19. The van der Waals surface area contributed by atoms with Crippen LogP contribution >= 0.6 is 0 Å². The molecule has 0 saturated carbocycles. The van der Waals surface area contributed by atoms with Crippen molar-refractivity contribution in [2.75, 3.05) is 33.0 Å². The largest absolute Gasteiger partial charge is 0.491 e. The molecular weight excluding hydrogens is 254 g/mol. The fourth-order valence-corrected chi connectivity index (χ4v) is 1.56. The summed E-state index contributed by atoms with van der Waals surface area (Å²) in [5.74, 6) is 6.58. The van der Waals surface area contributed by atoms with Crippen molar-refractivity contribution in [2.45, 2.75) is 20.0 Å². The van der Waals surface area contributed by atoms with Gasteiger partial charge in [0.15, 0.2) is 0 Å². The van der Waals surface area contributed by atoms with Crippen LogP contribution in [0.4, 0.5) is 0 Å². The Balaban J connectivity index is 2.28. The second-order valence-corrected chi connectivity index (χ2v) is 4.22. The first-order valence-electron chi connectivity index (χ1n) is 6.87. The molecule has 110 valence electrons. The fraction of sp³-hybridized carbons (Fsp3) is 0.500. The molecule has 0 heterocycles. The van der Waals surface area contributed by atoms with Gasteiger partial charge in [-0.2, -0.15) is 0 Å². The summed E-state index contributed by atoms with van der Waals surface area (Å²) in [6.07, 6.45) is 0.0836. The van der Waals surface area contributed by atoms with Gasteiger partial charge < -0.3 is 19.9 Å². The van der Waals surface area contributed by atoms with Gasteiger partial charge >= 0.3 is 0 Å². The van der Waals surface area contributed by atoms with E-state index in [0.717, 1.165) is 11.3 Å². The molecule has 0 aliphatic rings. The van der Waals surface area contributed by atoms with Crippen LogP contribution in [-0.4, -0.2) is 39.1 Å². The van der Waals surface area contributed by atoms with Gasteiger partial charge in [0.1, 0.15) is 12.4 Å². The second-order valence-electron chi connectivity index (χ2n) is 4.22. The molecule has 0 radical (unpaired) electrons. The van der Waals surface area contributed by atoms with E-state index in [9.17, 15) is 0 Å². The van der Waals surface area contributed by atoms with Crippen molar-refractivity contribution in [2.24, 2.45) is 5.73 Å². The van der Waals surface area contributed by atoms with Crippen molar-refractivity contribution >= 4 is 0 Å². The van der Waals surface area contributed by atoms with Crippen molar-refractivity contribution in [1.29, 1.82) is 0 Å². The van der Waals surface area contributed by atoms with Gasteiger partial charge in [0.05, 0.1) is 25.9 Å². The normalized spacial score (nSPS) is 11.6. The Morgan fingerprint density at radius 3 is 2.90 bits per heavy atom. The van der Waals surface area contributed by atoms with Gasteiger partial charge in [-0.05, 0) is 32.0 Å². The van der Waals surface area contributed by atoms with E-state index in [4.69, 9.17) is 19.9 Å². The third-order valence-electron chi connectivity index (χ3n) is 2.48. The average molecular weight is 277 g/mol. The number of nitrogens with two attached hydrogens (primary N) is 1. The minimum absolute atomic E-state index is 0.0836. The lowest BCUT2D eigenvalue weighted by molar-refractivity contribution is -0.0128. The zero-order valence-electron chi connectivity index (χ0n) is 12.2. The van der Waals surface area contributed by atoms with E-state index in [1.165, 1.54) is 0 Å². The molecule has 1 aromatic rings. The molecule has 0 amide bonds. The Morgan fingerprint density at radius 1 is 1.30 bits per heavy atom. The van der Waals surface area contributed by atoms with Crippen molar-refractivity contribution in [3.05, 3.63) is 29.8 Å². The molecule has 1 atom stereocenters. The average Bonchev–Trinajstić information content (AvgIpc) is 2.48. The van der Waals surface area contributed by atoms with Crippen molar-refractivity contribution in [3.63, 3.8) is 0 Å². The summed E-state index contributed by atoms with van der Waals surface area (Å²) < 4.78 is 16.5. The van der Waals surface area contributed by atoms with Crippen molar-refractivity contribution < 1.29 is 14.2 Å². The van der Waals surface area contributed by atoms with Crippen molar-refractivity contribution in [3.8, 4) is 17.6 Å². The first kappa shape index (κ1) is 16.5. The summed E-state index contributed by atoms with van der Waals surface area (Å²) in [4.78, 5) is 0. The van der Waals surface area contributed by atoms with E-state index < -0.39 is 0 Å². The molecule has 1 unspecified atom stereocenters. The quantitative estimate of drug-likeness (QED) is 0.582. The molecule has 0 aliphatic heterocycles. The van der Waals surface area contributed by atoms with Crippen LogP contribution in [0, 0.1) is 11.8 Å². The monoisotopic (exact) mass is 277 g/mol. The highest BCUT2D eigenvalue weighted by Crippen LogP contribution is 2.12. The van der Waals surface area contributed by atoms with Crippen molar-refractivity contribution in [1.82, 2.24) is 0 Å². The van der Waals surface area contributed by atoms with E-state index in [0.29, 0.717) is 33.0 Å². The van der Waals surface area contributed by atoms with E-state index in [-0.39, 0.29) is 6.10 Å². The SMILES string of the molecule is CCOCC(C)OCCOc1cccc(C#CCN)c1. The van der Waals surface area contributed by atoms with Crippen LogP contribution in [0.5, 0.6) is 5.75 Å². The van der Waals surface area contributed by atoms with Crippen LogP contribution in [0.15, 0.2) is 24.3 Å². The predicted octanol–water partition coefficient (Wildman–Crippen LogP) is 1.82. The molecule has 20 heavy (non-hydrogen) atoms. The standard InChI is InChI=1S/C16H23NO3/c1-3-18-13-14(2)19-10-11-20-16-8-4-6-15(12-16)7-5-9-17/h4,6,8,12,14H,3,9-11,13,17H2,1-2H3. The van der Waals surface area contributed by atoms with Gasteiger partial charge in [0, 0.05) is 12.2 Å². The summed E-state index contributed by atoms with van der Waals surface area (Å²) in [5, 5.41) is 0.